The molecule has 0 aliphatic rings. The number of hydrogen-bond donors (Lipinski definition) is 0. The van der Waals surface area contributed by atoms with Gasteiger partial charge in [0.1, 0.15) is 0 Å². The first-order valence-electron chi connectivity index (χ1n) is 4.80. The molecule has 0 saturated heterocycles. The van der Waals surface area contributed by atoms with E-state index in [4.69, 9.17) is 0 Å². The van der Waals surface area contributed by atoms with E-state index in [2.05, 4.69) is 55.6 Å². The molecular formula is C13H9BrIN. The van der Waals surface area contributed by atoms with Crippen molar-refractivity contribution < 1.29 is 0 Å². The van der Waals surface area contributed by atoms with Gasteiger partial charge >= 0.3 is 0 Å². The van der Waals surface area contributed by atoms with Crippen LogP contribution in [-0.4, -0.2) is 6.21 Å². The zero-order valence-electron chi connectivity index (χ0n) is 8.40. The van der Waals surface area contributed by atoms with Gasteiger partial charge in [0.15, 0.2) is 0 Å². The van der Waals surface area contributed by atoms with E-state index in [9.17, 15) is 0 Å². The number of rotatable bonds is 2. The lowest BCUT2D eigenvalue weighted by atomic mass is 10.2. The van der Waals surface area contributed by atoms with E-state index in [1.165, 1.54) is 3.57 Å². The molecule has 0 aliphatic heterocycles. The maximum atomic E-state index is 4.44. The van der Waals surface area contributed by atoms with Crippen LogP contribution >= 0.6 is 38.5 Å². The van der Waals surface area contributed by atoms with Crippen molar-refractivity contribution in [3.63, 3.8) is 0 Å². The molecule has 80 valence electrons. The summed E-state index contributed by atoms with van der Waals surface area (Å²) in [5.74, 6) is 0. The third kappa shape index (κ3) is 3.15. The Hall–Kier alpha value is -0.680. The van der Waals surface area contributed by atoms with Gasteiger partial charge in [-0.3, -0.25) is 4.99 Å². The molecule has 1 nitrogen and oxygen atoms in total. The summed E-state index contributed by atoms with van der Waals surface area (Å²) in [5, 5.41) is 0. The predicted molar refractivity (Wildman–Crippen MR) is 80.6 cm³/mol. The van der Waals surface area contributed by atoms with Crippen molar-refractivity contribution >= 4 is 50.4 Å². The van der Waals surface area contributed by atoms with Gasteiger partial charge in [-0.15, -0.1) is 0 Å². The van der Waals surface area contributed by atoms with Gasteiger partial charge in [-0.1, -0.05) is 40.2 Å². The van der Waals surface area contributed by atoms with Crippen LogP contribution in [0.4, 0.5) is 5.69 Å². The van der Waals surface area contributed by atoms with Crippen molar-refractivity contribution in [3.8, 4) is 0 Å². The summed E-state index contributed by atoms with van der Waals surface area (Å²) in [4.78, 5) is 4.44. The molecule has 0 heterocycles. The normalized spacial score (nSPS) is 10.9. The number of hydrogen-bond acceptors (Lipinski definition) is 1. The van der Waals surface area contributed by atoms with Crippen LogP contribution in [0.5, 0.6) is 0 Å². The highest BCUT2D eigenvalue weighted by Crippen LogP contribution is 2.18. The first kappa shape index (κ1) is 11.8. The van der Waals surface area contributed by atoms with Gasteiger partial charge in [0.25, 0.3) is 0 Å². The minimum Gasteiger partial charge on any atom is -0.256 e. The van der Waals surface area contributed by atoms with Gasteiger partial charge in [-0.2, -0.15) is 0 Å². The standard InChI is InChI=1S/C13H9BrIN/c14-11-5-3-6-12(8-11)16-9-10-4-1-2-7-13(10)15/h1-9H. The molecule has 0 saturated carbocycles. The number of halogens is 2. The second kappa shape index (κ2) is 5.59. The summed E-state index contributed by atoms with van der Waals surface area (Å²) in [6.45, 7) is 0. The minimum atomic E-state index is 0.953. The third-order valence-electron chi connectivity index (χ3n) is 2.07. The molecular weight excluding hydrogens is 377 g/mol. The van der Waals surface area contributed by atoms with Crippen molar-refractivity contribution in [1.29, 1.82) is 0 Å². The summed E-state index contributed by atoms with van der Waals surface area (Å²) < 4.78 is 2.25. The van der Waals surface area contributed by atoms with Crippen molar-refractivity contribution in [1.82, 2.24) is 0 Å². The minimum absolute atomic E-state index is 0.953. The van der Waals surface area contributed by atoms with Gasteiger partial charge in [-0.05, 0) is 46.9 Å². The summed E-state index contributed by atoms with van der Waals surface area (Å²) >= 11 is 5.74. The van der Waals surface area contributed by atoms with Gasteiger partial charge < -0.3 is 0 Å². The van der Waals surface area contributed by atoms with Crippen molar-refractivity contribution in [2.45, 2.75) is 0 Å². The van der Waals surface area contributed by atoms with Crippen LogP contribution in [0, 0.1) is 3.57 Å². The molecule has 2 rings (SSSR count). The molecule has 2 aromatic rings. The van der Waals surface area contributed by atoms with E-state index in [0.29, 0.717) is 0 Å². The van der Waals surface area contributed by atoms with Crippen LogP contribution in [0.1, 0.15) is 5.56 Å². The lowest BCUT2D eigenvalue weighted by Crippen LogP contribution is -1.84. The van der Waals surface area contributed by atoms with Crippen LogP contribution < -0.4 is 0 Å². The Morgan fingerprint density at radius 3 is 2.62 bits per heavy atom. The van der Waals surface area contributed by atoms with E-state index in [-0.39, 0.29) is 0 Å². The molecule has 0 spiro atoms. The fourth-order valence-corrected chi connectivity index (χ4v) is 2.19. The highest BCUT2D eigenvalue weighted by atomic mass is 127. The Kier molecular flexibility index (Phi) is 4.12. The Morgan fingerprint density at radius 1 is 1.06 bits per heavy atom. The molecule has 0 unspecified atom stereocenters. The maximum Gasteiger partial charge on any atom is 0.0641 e. The summed E-state index contributed by atoms with van der Waals surface area (Å²) in [6.07, 6.45) is 1.89. The van der Waals surface area contributed by atoms with Gasteiger partial charge in [0.05, 0.1) is 5.69 Å². The lowest BCUT2D eigenvalue weighted by Gasteiger charge is -1.97. The van der Waals surface area contributed by atoms with E-state index < -0.39 is 0 Å². The van der Waals surface area contributed by atoms with Crippen LogP contribution in [0.15, 0.2) is 58.0 Å². The largest absolute Gasteiger partial charge is 0.256 e. The Labute approximate surface area is 117 Å². The molecule has 16 heavy (non-hydrogen) atoms. The molecule has 0 bridgehead atoms. The zero-order chi connectivity index (χ0) is 11.4. The van der Waals surface area contributed by atoms with Crippen LogP contribution in [-0.2, 0) is 0 Å². The predicted octanol–water partition coefficient (Wildman–Crippen LogP) is 4.80. The quantitative estimate of drug-likeness (QED) is 0.520. The third-order valence-corrected chi connectivity index (χ3v) is 3.54. The smallest absolute Gasteiger partial charge is 0.0641 e. The molecule has 0 radical (unpaired) electrons. The van der Waals surface area contributed by atoms with Gasteiger partial charge in [0, 0.05) is 19.8 Å². The first-order chi connectivity index (χ1) is 7.75. The molecule has 3 heteroatoms. The molecule has 2 aromatic carbocycles. The highest BCUT2D eigenvalue weighted by molar-refractivity contribution is 14.1. The van der Waals surface area contributed by atoms with Gasteiger partial charge in [0.2, 0.25) is 0 Å². The van der Waals surface area contributed by atoms with E-state index >= 15 is 0 Å². The molecule has 0 N–H and O–H groups in total. The zero-order valence-corrected chi connectivity index (χ0v) is 12.1. The molecule has 0 atom stereocenters. The van der Waals surface area contributed by atoms with Gasteiger partial charge in [-0.25, -0.2) is 0 Å². The number of nitrogens with zero attached hydrogens (tertiary/aromatic N) is 1. The van der Waals surface area contributed by atoms with E-state index in [1.54, 1.807) is 0 Å². The summed E-state index contributed by atoms with van der Waals surface area (Å²) in [6, 6.07) is 16.1. The summed E-state index contributed by atoms with van der Waals surface area (Å²) in [7, 11) is 0. The van der Waals surface area contributed by atoms with Crippen LogP contribution in [0.25, 0.3) is 0 Å². The first-order valence-corrected chi connectivity index (χ1v) is 6.67. The maximum absolute atomic E-state index is 4.44. The average Bonchev–Trinajstić information content (AvgIpc) is 2.28. The molecule has 0 aliphatic carbocycles. The molecule has 0 amide bonds. The average molecular weight is 386 g/mol. The van der Waals surface area contributed by atoms with Crippen molar-refractivity contribution in [2.24, 2.45) is 4.99 Å². The topological polar surface area (TPSA) is 12.4 Å². The Balaban J connectivity index is 2.25. The van der Waals surface area contributed by atoms with Crippen molar-refractivity contribution in [2.75, 3.05) is 0 Å². The van der Waals surface area contributed by atoms with Crippen LogP contribution in [0.2, 0.25) is 0 Å². The SMILES string of the molecule is Brc1cccc(N=Cc2ccccc2I)c1. The number of aliphatic imine (C=N–C) groups is 1. The fraction of sp³-hybridized carbons (Fsp3) is 0. The second-order valence-corrected chi connectivity index (χ2v) is 5.34. The highest BCUT2D eigenvalue weighted by Gasteiger charge is 1.94. The second-order valence-electron chi connectivity index (χ2n) is 3.26. The monoisotopic (exact) mass is 385 g/mol. The summed E-state index contributed by atoms with van der Waals surface area (Å²) in [5.41, 5.74) is 2.09. The Bertz CT molecular complexity index is 523. The molecule has 0 aromatic heterocycles. The van der Waals surface area contributed by atoms with Crippen molar-refractivity contribution in [3.05, 3.63) is 62.1 Å². The van der Waals surface area contributed by atoms with Crippen LogP contribution in [0.3, 0.4) is 0 Å². The Morgan fingerprint density at radius 2 is 1.88 bits per heavy atom. The van der Waals surface area contributed by atoms with E-state index in [1.807, 2.05) is 42.6 Å². The fourth-order valence-electron chi connectivity index (χ4n) is 1.28. The number of benzene rings is 2. The lowest BCUT2D eigenvalue weighted by molar-refractivity contribution is 1.50. The molecule has 0 fully saturated rings. The van der Waals surface area contributed by atoms with E-state index in [0.717, 1.165) is 15.7 Å².